The molecule has 1 aromatic carbocycles. The SMILES string of the molecule is CN(C)C(=O)[C@H]1C[C@H]2OCC[C@H]2N(Cc2ccc3ccccc3n2)C1. The number of ether oxygens (including phenoxy) is 1. The molecule has 0 N–H and O–H groups in total. The Morgan fingerprint density at radius 3 is 2.96 bits per heavy atom. The van der Waals surface area contributed by atoms with Crippen molar-refractivity contribution in [3.8, 4) is 0 Å². The van der Waals surface area contributed by atoms with Crippen LogP contribution in [0.4, 0.5) is 0 Å². The molecule has 5 nitrogen and oxygen atoms in total. The van der Waals surface area contributed by atoms with Crippen LogP contribution in [0.2, 0.25) is 0 Å². The number of rotatable bonds is 3. The number of hydrogen-bond acceptors (Lipinski definition) is 4. The summed E-state index contributed by atoms with van der Waals surface area (Å²) in [6, 6.07) is 12.8. The number of para-hydroxylation sites is 1. The number of benzene rings is 1. The maximum atomic E-state index is 12.5. The molecule has 2 aliphatic rings. The molecule has 0 unspecified atom stereocenters. The summed E-state index contributed by atoms with van der Waals surface area (Å²) < 4.78 is 5.92. The largest absolute Gasteiger partial charge is 0.377 e. The van der Waals surface area contributed by atoms with Gasteiger partial charge in [0, 0.05) is 45.2 Å². The third-order valence-electron chi connectivity index (χ3n) is 5.43. The van der Waals surface area contributed by atoms with Gasteiger partial charge in [-0.15, -0.1) is 0 Å². The monoisotopic (exact) mass is 339 g/mol. The van der Waals surface area contributed by atoms with Crippen molar-refractivity contribution in [2.75, 3.05) is 27.2 Å². The van der Waals surface area contributed by atoms with E-state index >= 15 is 0 Å². The van der Waals surface area contributed by atoms with E-state index in [0.29, 0.717) is 6.04 Å². The number of carbonyl (C=O) groups is 1. The van der Waals surface area contributed by atoms with Crippen molar-refractivity contribution in [1.82, 2.24) is 14.8 Å². The van der Waals surface area contributed by atoms with Gasteiger partial charge in [-0.1, -0.05) is 24.3 Å². The molecule has 3 heterocycles. The van der Waals surface area contributed by atoms with Gasteiger partial charge in [0.15, 0.2) is 0 Å². The predicted molar refractivity (Wildman–Crippen MR) is 97.1 cm³/mol. The summed E-state index contributed by atoms with van der Waals surface area (Å²) >= 11 is 0. The van der Waals surface area contributed by atoms with E-state index in [4.69, 9.17) is 9.72 Å². The first-order valence-electron chi connectivity index (χ1n) is 9.03. The third kappa shape index (κ3) is 3.26. The minimum atomic E-state index is 0.00908. The Morgan fingerprint density at radius 2 is 2.12 bits per heavy atom. The van der Waals surface area contributed by atoms with Gasteiger partial charge in [0.2, 0.25) is 5.91 Å². The zero-order chi connectivity index (χ0) is 17.4. The topological polar surface area (TPSA) is 45.7 Å². The Bertz CT molecular complexity index is 776. The summed E-state index contributed by atoms with van der Waals surface area (Å²) in [7, 11) is 3.66. The fraction of sp³-hybridized carbons (Fsp3) is 0.500. The highest BCUT2D eigenvalue weighted by atomic mass is 16.5. The molecule has 2 fully saturated rings. The first kappa shape index (κ1) is 16.5. The molecule has 1 amide bonds. The molecule has 0 aliphatic carbocycles. The fourth-order valence-corrected chi connectivity index (χ4v) is 4.18. The highest BCUT2D eigenvalue weighted by Crippen LogP contribution is 2.33. The number of fused-ring (bicyclic) bond motifs is 2. The van der Waals surface area contributed by atoms with E-state index in [-0.39, 0.29) is 17.9 Å². The second kappa shape index (κ2) is 6.73. The zero-order valence-electron chi connectivity index (χ0n) is 14.9. The van der Waals surface area contributed by atoms with Crippen LogP contribution in [0.3, 0.4) is 0 Å². The summed E-state index contributed by atoms with van der Waals surface area (Å²) in [6.45, 7) is 2.35. The lowest BCUT2D eigenvalue weighted by Gasteiger charge is -2.40. The number of amides is 1. The van der Waals surface area contributed by atoms with Gasteiger partial charge < -0.3 is 9.64 Å². The highest BCUT2D eigenvalue weighted by Gasteiger charge is 2.42. The molecule has 2 aromatic rings. The average Bonchev–Trinajstić information content (AvgIpc) is 3.09. The van der Waals surface area contributed by atoms with Crippen molar-refractivity contribution in [3.05, 3.63) is 42.1 Å². The normalized spacial score (nSPS) is 26.6. The van der Waals surface area contributed by atoms with Crippen molar-refractivity contribution >= 4 is 16.8 Å². The van der Waals surface area contributed by atoms with Crippen molar-refractivity contribution in [2.24, 2.45) is 5.92 Å². The van der Waals surface area contributed by atoms with Gasteiger partial charge in [0.1, 0.15) is 0 Å². The summed E-state index contributed by atoms with van der Waals surface area (Å²) in [5.41, 5.74) is 2.08. The van der Waals surface area contributed by atoms with Crippen LogP contribution in [0, 0.1) is 5.92 Å². The lowest BCUT2D eigenvalue weighted by molar-refractivity contribution is -0.137. The lowest BCUT2D eigenvalue weighted by Crippen LogP contribution is -2.52. The number of carbonyl (C=O) groups excluding carboxylic acids is 1. The van der Waals surface area contributed by atoms with Gasteiger partial charge >= 0.3 is 0 Å². The molecule has 1 aromatic heterocycles. The van der Waals surface area contributed by atoms with Crippen molar-refractivity contribution in [1.29, 1.82) is 0 Å². The Hall–Kier alpha value is -1.98. The van der Waals surface area contributed by atoms with E-state index in [0.717, 1.165) is 49.1 Å². The molecule has 4 rings (SSSR count). The summed E-state index contributed by atoms with van der Waals surface area (Å²) in [6.07, 6.45) is 2.05. The highest BCUT2D eigenvalue weighted by molar-refractivity contribution is 5.79. The van der Waals surface area contributed by atoms with Crippen LogP contribution in [-0.4, -0.2) is 60.1 Å². The van der Waals surface area contributed by atoms with E-state index in [9.17, 15) is 4.79 Å². The molecular weight excluding hydrogens is 314 g/mol. The zero-order valence-corrected chi connectivity index (χ0v) is 14.9. The summed E-state index contributed by atoms with van der Waals surface area (Å²) in [4.78, 5) is 21.4. The minimum Gasteiger partial charge on any atom is -0.377 e. The first-order valence-corrected chi connectivity index (χ1v) is 9.03. The Balaban J connectivity index is 1.56. The van der Waals surface area contributed by atoms with Crippen LogP contribution in [0.15, 0.2) is 36.4 Å². The second-order valence-electron chi connectivity index (χ2n) is 7.36. The first-order chi connectivity index (χ1) is 12.1. The van der Waals surface area contributed by atoms with E-state index in [2.05, 4.69) is 29.2 Å². The van der Waals surface area contributed by atoms with Crippen LogP contribution in [-0.2, 0) is 16.1 Å². The average molecular weight is 339 g/mol. The maximum absolute atomic E-state index is 12.5. The minimum absolute atomic E-state index is 0.00908. The van der Waals surface area contributed by atoms with Crippen molar-refractivity contribution in [2.45, 2.75) is 31.5 Å². The number of piperidine rings is 1. The molecular formula is C20H25N3O2. The van der Waals surface area contributed by atoms with Gasteiger partial charge in [-0.05, 0) is 25.0 Å². The van der Waals surface area contributed by atoms with Crippen LogP contribution >= 0.6 is 0 Å². The molecule has 0 saturated carbocycles. The summed E-state index contributed by atoms with van der Waals surface area (Å²) in [5, 5.41) is 1.16. The van der Waals surface area contributed by atoms with Gasteiger partial charge in [0.05, 0.1) is 23.2 Å². The van der Waals surface area contributed by atoms with E-state index in [1.165, 1.54) is 0 Å². The van der Waals surface area contributed by atoms with E-state index in [1.54, 1.807) is 4.90 Å². The standard InChI is InChI=1S/C20H25N3O2/c1-22(2)20(24)15-11-19-18(9-10-25-19)23(12-15)13-16-8-7-14-5-3-4-6-17(14)21-16/h3-8,15,18-19H,9-13H2,1-2H3/t15-,18+,19+/m0/s1. The van der Waals surface area contributed by atoms with Gasteiger partial charge in [-0.2, -0.15) is 0 Å². The summed E-state index contributed by atoms with van der Waals surface area (Å²) in [5.74, 6) is 0.209. The van der Waals surface area contributed by atoms with E-state index < -0.39 is 0 Å². The maximum Gasteiger partial charge on any atom is 0.226 e. The fourth-order valence-electron chi connectivity index (χ4n) is 4.18. The predicted octanol–water partition coefficient (Wildman–Crippen LogP) is 2.30. The van der Waals surface area contributed by atoms with Gasteiger partial charge in [-0.3, -0.25) is 14.7 Å². The smallest absolute Gasteiger partial charge is 0.226 e. The van der Waals surface area contributed by atoms with Crippen LogP contribution in [0.25, 0.3) is 10.9 Å². The second-order valence-corrected chi connectivity index (χ2v) is 7.36. The quantitative estimate of drug-likeness (QED) is 0.861. The van der Waals surface area contributed by atoms with Crippen LogP contribution in [0.1, 0.15) is 18.5 Å². The number of likely N-dealkylation sites (tertiary alicyclic amines) is 1. The number of nitrogens with zero attached hydrogens (tertiary/aromatic N) is 3. The molecule has 0 spiro atoms. The lowest BCUT2D eigenvalue weighted by atomic mass is 9.89. The third-order valence-corrected chi connectivity index (χ3v) is 5.43. The Labute approximate surface area is 148 Å². The van der Waals surface area contributed by atoms with Crippen LogP contribution < -0.4 is 0 Å². The Kier molecular flexibility index (Phi) is 4.44. The van der Waals surface area contributed by atoms with Crippen LogP contribution in [0.5, 0.6) is 0 Å². The molecule has 3 atom stereocenters. The van der Waals surface area contributed by atoms with Crippen molar-refractivity contribution in [3.63, 3.8) is 0 Å². The molecule has 132 valence electrons. The molecule has 2 aliphatic heterocycles. The number of aromatic nitrogens is 1. The van der Waals surface area contributed by atoms with E-state index in [1.807, 2.05) is 26.2 Å². The molecule has 0 bridgehead atoms. The van der Waals surface area contributed by atoms with Crippen molar-refractivity contribution < 1.29 is 9.53 Å². The molecule has 25 heavy (non-hydrogen) atoms. The molecule has 2 saturated heterocycles. The Morgan fingerprint density at radius 1 is 1.28 bits per heavy atom. The molecule has 0 radical (unpaired) electrons. The number of pyridine rings is 1. The van der Waals surface area contributed by atoms with Gasteiger partial charge in [0.25, 0.3) is 0 Å². The van der Waals surface area contributed by atoms with Gasteiger partial charge in [-0.25, -0.2) is 0 Å². The molecule has 5 heteroatoms. The number of hydrogen-bond donors (Lipinski definition) is 0.